The van der Waals surface area contributed by atoms with Gasteiger partial charge in [0.1, 0.15) is 5.82 Å². The molecule has 0 aromatic heterocycles. The lowest BCUT2D eigenvalue weighted by molar-refractivity contribution is 0.0982. The molecule has 1 aromatic rings. The van der Waals surface area contributed by atoms with Crippen molar-refractivity contribution in [1.82, 2.24) is 5.32 Å². The van der Waals surface area contributed by atoms with Crippen molar-refractivity contribution in [2.75, 3.05) is 13.1 Å². The molecule has 0 bridgehead atoms. The van der Waals surface area contributed by atoms with E-state index >= 15 is 0 Å². The van der Waals surface area contributed by atoms with Crippen molar-refractivity contribution in [3.05, 3.63) is 34.6 Å². The van der Waals surface area contributed by atoms with Crippen LogP contribution in [0.15, 0.2) is 18.2 Å². The van der Waals surface area contributed by atoms with Crippen molar-refractivity contribution in [3.63, 3.8) is 0 Å². The van der Waals surface area contributed by atoms with Crippen LogP contribution in [0.5, 0.6) is 0 Å². The number of benzene rings is 1. The van der Waals surface area contributed by atoms with E-state index in [0.29, 0.717) is 10.9 Å². The number of hydrogen-bond donors (Lipinski definition) is 1. The maximum atomic E-state index is 13.2. The van der Waals surface area contributed by atoms with Crippen molar-refractivity contribution in [3.8, 4) is 0 Å². The summed E-state index contributed by atoms with van der Waals surface area (Å²) in [5.74, 6) is 1.20. The summed E-state index contributed by atoms with van der Waals surface area (Å²) >= 11 is 6.27. The number of nitrogens with one attached hydrogen (secondary N) is 1. The molecular formula is C16H23ClFN. The molecule has 106 valence electrons. The standard InChI is InChI=1S/C16H23ClFN/c1-4-19-10-16(8-12(9-16)11(2)3)14-6-5-13(18)7-15(14)17/h5-7,11-12,19H,4,8-10H2,1-3H3. The van der Waals surface area contributed by atoms with E-state index < -0.39 is 0 Å². The summed E-state index contributed by atoms with van der Waals surface area (Å²) in [5, 5.41) is 4.01. The molecule has 2 rings (SSSR count). The largest absolute Gasteiger partial charge is 0.316 e. The molecular weight excluding hydrogens is 261 g/mol. The smallest absolute Gasteiger partial charge is 0.124 e. The van der Waals surface area contributed by atoms with E-state index in [0.717, 1.165) is 37.4 Å². The molecule has 0 spiro atoms. The van der Waals surface area contributed by atoms with Crippen LogP contribution in [-0.4, -0.2) is 13.1 Å². The minimum Gasteiger partial charge on any atom is -0.316 e. The van der Waals surface area contributed by atoms with Gasteiger partial charge in [-0.15, -0.1) is 0 Å². The first-order valence-corrected chi connectivity index (χ1v) is 7.52. The summed E-state index contributed by atoms with van der Waals surface area (Å²) in [6.07, 6.45) is 2.28. The Morgan fingerprint density at radius 2 is 2.11 bits per heavy atom. The van der Waals surface area contributed by atoms with E-state index in [1.165, 1.54) is 12.1 Å². The minimum absolute atomic E-state index is 0.0930. The van der Waals surface area contributed by atoms with Crippen LogP contribution in [0.2, 0.25) is 5.02 Å². The Kier molecular flexibility index (Phi) is 4.52. The fourth-order valence-corrected chi connectivity index (χ4v) is 3.53. The first kappa shape index (κ1) is 14.8. The topological polar surface area (TPSA) is 12.0 Å². The van der Waals surface area contributed by atoms with Crippen LogP contribution >= 0.6 is 11.6 Å². The summed E-state index contributed by atoms with van der Waals surface area (Å²) in [6, 6.07) is 4.83. The monoisotopic (exact) mass is 283 g/mol. The first-order chi connectivity index (χ1) is 8.98. The Bertz CT molecular complexity index is 438. The third kappa shape index (κ3) is 2.95. The van der Waals surface area contributed by atoms with Gasteiger partial charge in [-0.3, -0.25) is 0 Å². The molecule has 1 aliphatic carbocycles. The SMILES string of the molecule is CCNCC1(c2ccc(F)cc2Cl)CC(C(C)C)C1. The zero-order valence-corrected chi connectivity index (χ0v) is 12.7. The second-order valence-corrected chi connectivity index (χ2v) is 6.50. The van der Waals surface area contributed by atoms with Gasteiger partial charge in [-0.2, -0.15) is 0 Å². The predicted octanol–water partition coefficient (Wildman–Crippen LogP) is 4.39. The summed E-state index contributed by atoms with van der Waals surface area (Å²) in [4.78, 5) is 0. The molecule has 3 heteroatoms. The zero-order valence-electron chi connectivity index (χ0n) is 12.0. The summed E-state index contributed by atoms with van der Waals surface area (Å²) in [6.45, 7) is 8.53. The summed E-state index contributed by atoms with van der Waals surface area (Å²) in [7, 11) is 0. The first-order valence-electron chi connectivity index (χ1n) is 7.15. The normalized spacial score (nSPS) is 26.5. The lowest BCUT2D eigenvalue weighted by Crippen LogP contribution is -2.50. The van der Waals surface area contributed by atoms with Gasteiger partial charge in [0.15, 0.2) is 0 Å². The molecule has 1 aliphatic rings. The molecule has 0 radical (unpaired) electrons. The highest BCUT2D eigenvalue weighted by molar-refractivity contribution is 6.31. The number of halogens is 2. The average molecular weight is 284 g/mol. The van der Waals surface area contributed by atoms with Gasteiger partial charge in [0.05, 0.1) is 0 Å². The molecule has 1 nitrogen and oxygen atoms in total. The van der Waals surface area contributed by atoms with Crippen LogP contribution in [0.3, 0.4) is 0 Å². The Morgan fingerprint density at radius 3 is 2.63 bits per heavy atom. The highest BCUT2D eigenvalue weighted by Gasteiger charge is 2.46. The van der Waals surface area contributed by atoms with E-state index in [4.69, 9.17) is 11.6 Å². The van der Waals surface area contributed by atoms with Gasteiger partial charge < -0.3 is 5.32 Å². The second-order valence-electron chi connectivity index (χ2n) is 6.10. The molecule has 1 fully saturated rings. The molecule has 1 saturated carbocycles. The van der Waals surface area contributed by atoms with Crippen LogP contribution in [0.4, 0.5) is 4.39 Å². The summed E-state index contributed by atoms with van der Waals surface area (Å²) < 4.78 is 13.2. The predicted molar refractivity (Wildman–Crippen MR) is 79.2 cm³/mol. The Morgan fingerprint density at radius 1 is 1.42 bits per heavy atom. The number of likely N-dealkylation sites (N-methyl/N-ethyl adjacent to an activating group) is 1. The molecule has 19 heavy (non-hydrogen) atoms. The highest BCUT2D eigenvalue weighted by atomic mass is 35.5. The van der Waals surface area contributed by atoms with Crippen molar-refractivity contribution >= 4 is 11.6 Å². The van der Waals surface area contributed by atoms with Crippen LogP contribution in [0.1, 0.15) is 39.2 Å². The van der Waals surface area contributed by atoms with E-state index in [2.05, 4.69) is 26.1 Å². The van der Waals surface area contributed by atoms with E-state index in [9.17, 15) is 4.39 Å². The maximum absolute atomic E-state index is 13.2. The van der Waals surface area contributed by atoms with Gasteiger partial charge in [-0.05, 0) is 48.9 Å². The fraction of sp³-hybridized carbons (Fsp3) is 0.625. The number of rotatable bonds is 5. The van der Waals surface area contributed by atoms with Gasteiger partial charge in [-0.25, -0.2) is 4.39 Å². The third-order valence-corrected chi connectivity index (χ3v) is 4.78. The summed E-state index contributed by atoms with van der Waals surface area (Å²) in [5.41, 5.74) is 1.20. The van der Waals surface area contributed by atoms with Crippen molar-refractivity contribution in [2.24, 2.45) is 11.8 Å². The van der Waals surface area contributed by atoms with E-state index in [-0.39, 0.29) is 11.2 Å². The van der Waals surface area contributed by atoms with Crippen LogP contribution < -0.4 is 5.32 Å². The molecule has 0 amide bonds. The van der Waals surface area contributed by atoms with Crippen LogP contribution in [-0.2, 0) is 5.41 Å². The van der Waals surface area contributed by atoms with Crippen molar-refractivity contribution in [1.29, 1.82) is 0 Å². The number of hydrogen-bond acceptors (Lipinski definition) is 1. The Balaban J connectivity index is 2.24. The Hall–Kier alpha value is -0.600. The van der Waals surface area contributed by atoms with Crippen molar-refractivity contribution < 1.29 is 4.39 Å². The molecule has 0 unspecified atom stereocenters. The molecule has 0 aliphatic heterocycles. The molecule has 0 saturated heterocycles. The van der Waals surface area contributed by atoms with Crippen LogP contribution in [0.25, 0.3) is 0 Å². The van der Waals surface area contributed by atoms with Crippen molar-refractivity contribution in [2.45, 2.75) is 39.0 Å². The Labute approximate surface area is 120 Å². The zero-order chi connectivity index (χ0) is 14.0. The lowest BCUT2D eigenvalue weighted by atomic mass is 9.56. The van der Waals surface area contributed by atoms with E-state index in [1.54, 1.807) is 0 Å². The lowest BCUT2D eigenvalue weighted by Gasteiger charge is -2.50. The van der Waals surface area contributed by atoms with E-state index in [1.807, 2.05) is 6.07 Å². The molecule has 1 aromatic carbocycles. The highest BCUT2D eigenvalue weighted by Crippen LogP contribution is 2.52. The third-order valence-electron chi connectivity index (χ3n) is 4.46. The molecule has 0 heterocycles. The maximum Gasteiger partial charge on any atom is 0.124 e. The van der Waals surface area contributed by atoms with Gasteiger partial charge in [0, 0.05) is 17.0 Å². The molecule has 0 atom stereocenters. The second kappa shape index (κ2) is 5.80. The fourth-order valence-electron chi connectivity index (χ4n) is 3.16. The quantitative estimate of drug-likeness (QED) is 0.845. The molecule has 1 N–H and O–H groups in total. The van der Waals surface area contributed by atoms with Gasteiger partial charge in [0.25, 0.3) is 0 Å². The van der Waals surface area contributed by atoms with Gasteiger partial charge in [0.2, 0.25) is 0 Å². The van der Waals surface area contributed by atoms with Gasteiger partial charge in [-0.1, -0.05) is 38.4 Å². The van der Waals surface area contributed by atoms with Gasteiger partial charge >= 0.3 is 0 Å². The average Bonchev–Trinajstić information content (AvgIpc) is 2.29. The van der Waals surface area contributed by atoms with Crippen LogP contribution in [0, 0.1) is 17.7 Å². The minimum atomic E-state index is -0.257.